The maximum atomic E-state index is 8.79. The van der Waals surface area contributed by atoms with Gasteiger partial charge in [-0.15, -0.1) is 0 Å². The smallest absolute Gasteiger partial charge is 0.254 e. The molecule has 2 N–H and O–H groups in total. The summed E-state index contributed by atoms with van der Waals surface area (Å²) in [6, 6.07) is 5.47. The summed E-state index contributed by atoms with van der Waals surface area (Å²) in [5.74, 6) is 1.91. The standard InChI is InChI=1S/C14H13ClN8/c1-9-4-12(23-14(22-9)20-8-21-23)17-2-3-18-13-11(15)5-10(6-16)7-19-13/h4-5,7-8,17H,2-3H2,1H3,(H,18,19). The number of nitriles is 1. The van der Waals surface area contributed by atoms with E-state index in [2.05, 4.69) is 30.7 Å². The second-order valence-electron chi connectivity index (χ2n) is 4.77. The highest BCUT2D eigenvalue weighted by Crippen LogP contribution is 2.19. The average molecular weight is 329 g/mol. The van der Waals surface area contributed by atoms with Gasteiger partial charge in [-0.1, -0.05) is 11.6 Å². The summed E-state index contributed by atoms with van der Waals surface area (Å²) in [6.07, 6.45) is 2.94. The number of aromatic nitrogens is 5. The fraction of sp³-hybridized carbons (Fsp3) is 0.214. The first-order chi connectivity index (χ1) is 11.2. The predicted molar refractivity (Wildman–Crippen MR) is 86.5 cm³/mol. The number of halogens is 1. The SMILES string of the molecule is Cc1cc(NCCNc2ncc(C#N)cc2Cl)n2ncnc2n1. The predicted octanol–water partition coefficient (Wildman–Crippen LogP) is 1.88. The van der Waals surface area contributed by atoms with Crippen molar-refractivity contribution < 1.29 is 0 Å². The van der Waals surface area contributed by atoms with Crippen molar-refractivity contribution in [2.45, 2.75) is 6.92 Å². The van der Waals surface area contributed by atoms with Gasteiger partial charge in [0.15, 0.2) is 0 Å². The van der Waals surface area contributed by atoms with Crippen molar-refractivity contribution >= 4 is 29.0 Å². The highest BCUT2D eigenvalue weighted by Gasteiger charge is 2.06. The topological polar surface area (TPSA) is 104 Å². The highest BCUT2D eigenvalue weighted by molar-refractivity contribution is 6.33. The maximum Gasteiger partial charge on any atom is 0.254 e. The molecule has 3 rings (SSSR count). The minimum atomic E-state index is 0.419. The van der Waals surface area contributed by atoms with Gasteiger partial charge in [-0.2, -0.15) is 19.9 Å². The van der Waals surface area contributed by atoms with E-state index < -0.39 is 0 Å². The average Bonchev–Trinajstić information content (AvgIpc) is 3.00. The van der Waals surface area contributed by atoms with E-state index in [4.69, 9.17) is 16.9 Å². The van der Waals surface area contributed by atoms with Crippen LogP contribution in [0.5, 0.6) is 0 Å². The molecule has 0 saturated carbocycles. The molecule has 0 bridgehead atoms. The molecule has 0 aromatic carbocycles. The number of anilines is 2. The largest absolute Gasteiger partial charge is 0.368 e. The third-order valence-corrected chi connectivity index (χ3v) is 3.36. The monoisotopic (exact) mass is 328 g/mol. The highest BCUT2D eigenvalue weighted by atomic mass is 35.5. The number of nitrogens with zero attached hydrogens (tertiary/aromatic N) is 6. The lowest BCUT2D eigenvalue weighted by Crippen LogP contribution is -2.16. The molecule has 0 atom stereocenters. The van der Waals surface area contributed by atoms with Crippen LogP contribution in [0, 0.1) is 18.3 Å². The van der Waals surface area contributed by atoms with Crippen LogP contribution in [0.1, 0.15) is 11.3 Å². The third-order valence-electron chi connectivity index (χ3n) is 3.07. The Balaban J connectivity index is 1.61. The Labute approximate surface area is 137 Å². The van der Waals surface area contributed by atoms with Crippen molar-refractivity contribution in [3.05, 3.63) is 40.9 Å². The molecule has 3 heterocycles. The van der Waals surface area contributed by atoms with Gasteiger partial charge in [-0.3, -0.25) is 0 Å². The molecule has 0 aliphatic carbocycles. The van der Waals surface area contributed by atoms with Gasteiger partial charge in [-0.05, 0) is 13.0 Å². The molecule has 0 saturated heterocycles. The summed E-state index contributed by atoms with van der Waals surface area (Å²) in [7, 11) is 0. The van der Waals surface area contributed by atoms with Gasteiger partial charge in [0.25, 0.3) is 5.78 Å². The van der Waals surface area contributed by atoms with E-state index in [1.165, 1.54) is 12.5 Å². The number of nitrogens with one attached hydrogen (secondary N) is 2. The van der Waals surface area contributed by atoms with E-state index in [1.54, 1.807) is 10.6 Å². The Morgan fingerprint density at radius 2 is 2.09 bits per heavy atom. The molecule has 23 heavy (non-hydrogen) atoms. The molecule has 3 aromatic heterocycles. The molecule has 3 aromatic rings. The summed E-state index contributed by atoms with van der Waals surface area (Å²) in [5, 5.41) is 19.7. The fourth-order valence-corrected chi connectivity index (χ4v) is 2.29. The van der Waals surface area contributed by atoms with Crippen molar-refractivity contribution in [3.63, 3.8) is 0 Å². The number of hydrogen-bond acceptors (Lipinski definition) is 7. The van der Waals surface area contributed by atoms with E-state index >= 15 is 0 Å². The minimum absolute atomic E-state index is 0.419. The fourth-order valence-electron chi connectivity index (χ4n) is 2.06. The lowest BCUT2D eigenvalue weighted by Gasteiger charge is -2.10. The van der Waals surface area contributed by atoms with E-state index in [-0.39, 0.29) is 0 Å². The molecule has 8 nitrogen and oxygen atoms in total. The van der Waals surface area contributed by atoms with Crippen LogP contribution >= 0.6 is 11.6 Å². The van der Waals surface area contributed by atoms with Crippen LogP contribution in [0.2, 0.25) is 5.02 Å². The molecule has 0 amide bonds. The Kier molecular flexibility index (Phi) is 4.21. The van der Waals surface area contributed by atoms with Gasteiger partial charge in [0.05, 0.1) is 10.6 Å². The molecule has 9 heteroatoms. The van der Waals surface area contributed by atoms with E-state index in [0.29, 0.717) is 35.3 Å². The van der Waals surface area contributed by atoms with Crippen LogP contribution in [0.3, 0.4) is 0 Å². The van der Waals surface area contributed by atoms with Crippen molar-refractivity contribution in [2.24, 2.45) is 0 Å². The van der Waals surface area contributed by atoms with Crippen LogP contribution in [0.25, 0.3) is 5.78 Å². The van der Waals surface area contributed by atoms with Gasteiger partial charge in [0.2, 0.25) is 0 Å². The number of hydrogen-bond donors (Lipinski definition) is 2. The second-order valence-corrected chi connectivity index (χ2v) is 5.18. The zero-order valence-corrected chi connectivity index (χ0v) is 13.0. The Hall–Kier alpha value is -2.92. The summed E-state index contributed by atoms with van der Waals surface area (Å²) in [4.78, 5) is 12.5. The molecular weight excluding hydrogens is 316 g/mol. The van der Waals surface area contributed by atoms with E-state index in [1.807, 2.05) is 19.1 Å². The first-order valence-electron chi connectivity index (χ1n) is 6.88. The van der Waals surface area contributed by atoms with Crippen molar-refractivity contribution in [1.82, 2.24) is 24.6 Å². The van der Waals surface area contributed by atoms with Crippen LogP contribution in [-0.4, -0.2) is 37.7 Å². The lowest BCUT2D eigenvalue weighted by atomic mass is 10.3. The minimum Gasteiger partial charge on any atom is -0.368 e. The first-order valence-corrected chi connectivity index (χ1v) is 7.26. The quantitative estimate of drug-likeness (QED) is 0.689. The van der Waals surface area contributed by atoms with Crippen LogP contribution < -0.4 is 10.6 Å². The number of pyridine rings is 1. The Morgan fingerprint density at radius 3 is 2.87 bits per heavy atom. The summed E-state index contributed by atoms with van der Waals surface area (Å²) in [6.45, 7) is 3.12. The zero-order valence-electron chi connectivity index (χ0n) is 12.3. The first kappa shape index (κ1) is 15.0. The molecule has 116 valence electrons. The maximum absolute atomic E-state index is 8.79. The molecule has 0 unspecified atom stereocenters. The number of rotatable bonds is 5. The second kappa shape index (κ2) is 6.46. The van der Waals surface area contributed by atoms with Crippen molar-refractivity contribution in [2.75, 3.05) is 23.7 Å². The van der Waals surface area contributed by atoms with Gasteiger partial charge in [-0.25, -0.2) is 9.97 Å². The Morgan fingerprint density at radius 1 is 1.26 bits per heavy atom. The summed E-state index contributed by atoms with van der Waals surface area (Å²) in [5.41, 5.74) is 1.29. The van der Waals surface area contributed by atoms with Gasteiger partial charge < -0.3 is 10.6 Å². The normalized spacial score (nSPS) is 10.5. The van der Waals surface area contributed by atoms with Gasteiger partial charge >= 0.3 is 0 Å². The number of fused-ring (bicyclic) bond motifs is 1. The zero-order chi connectivity index (χ0) is 16.2. The number of aryl methyl sites for hydroxylation is 1. The van der Waals surface area contributed by atoms with Gasteiger partial charge in [0.1, 0.15) is 24.0 Å². The third kappa shape index (κ3) is 3.30. The van der Waals surface area contributed by atoms with Crippen molar-refractivity contribution in [1.29, 1.82) is 5.26 Å². The molecule has 0 spiro atoms. The van der Waals surface area contributed by atoms with E-state index in [9.17, 15) is 0 Å². The van der Waals surface area contributed by atoms with Crippen LogP contribution in [0.15, 0.2) is 24.7 Å². The molecule has 0 radical (unpaired) electrons. The van der Waals surface area contributed by atoms with Crippen molar-refractivity contribution in [3.8, 4) is 6.07 Å². The Bertz CT molecular complexity index is 882. The van der Waals surface area contributed by atoms with Crippen LogP contribution in [0.4, 0.5) is 11.6 Å². The summed E-state index contributed by atoms with van der Waals surface area (Å²) >= 11 is 6.06. The molecular formula is C14H13ClN8. The molecule has 0 fully saturated rings. The van der Waals surface area contributed by atoms with Gasteiger partial charge in [0, 0.05) is 31.0 Å². The molecule has 0 aliphatic heterocycles. The lowest BCUT2D eigenvalue weighted by molar-refractivity contribution is 0.914. The van der Waals surface area contributed by atoms with Crippen LogP contribution in [-0.2, 0) is 0 Å². The summed E-state index contributed by atoms with van der Waals surface area (Å²) < 4.78 is 1.64. The van der Waals surface area contributed by atoms with E-state index in [0.717, 1.165) is 11.5 Å². The molecule has 0 aliphatic rings.